The molecule has 0 radical (unpaired) electrons. The van der Waals surface area contributed by atoms with Gasteiger partial charge in [-0.25, -0.2) is 13.5 Å². The maximum Gasteiger partial charge on any atom is 0.300 e. The van der Waals surface area contributed by atoms with Gasteiger partial charge in [0.2, 0.25) is 5.88 Å². The summed E-state index contributed by atoms with van der Waals surface area (Å²) in [6.07, 6.45) is 0.885. The largest absolute Gasteiger partial charge is 0.471 e. The second kappa shape index (κ2) is 6.46. The molecular formula is C18H21F2N3O2. The number of aromatic nitrogens is 2. The molecule has 1 aromatic heterocycles. The van der Waals surface area contributed by atoms with Gasteiger partial charge in [0.25, 0.3) is 5.91 Å². The number of fused-ring (bicyclic) bond motifs is 1. The number of carbonyl (C=O) groups is 1. The molecule has 0 atom stereocenters. The highest BCUT2D eigenvalue weighted by molar-refractivity contribution is 6.00. The Labute approximate surface area is 145 Å². The average Bonchev–Trinajstić information content (AvgIpc) is 2.91. The van der Waals surface area contributed by atoms with E-state index in [9.17, 15) is 13.6 Å². The first-order valence-electron chi connectivity index (χ1n) is 8.32. The zero-order valence-corrected chi connectivity index (χ0v) is 14.5. The third-order valence-corrected chi connectivity index (χ3v) is 3.99. The number of benzene rings is 1. The van der Waals surface area contributed by atoms with Crippen LogP contribution < -0.4 is 10.1 Å². The Morgan fingerprint density at radius 1 is 1.36 bits per heavy atom. The van der Waals surface area contributed by atoms with Crippen LogP contribution in [-0.4, -0.2) is 34.3 Å². The fraction of sp³-hybridized carbons (Fsp3) is 0.444. The van der Waals surface area contributed by atoms with Crippen molar-refractivity contribution in [2.45, 2.75) is 45.7 Å². The zero-order chi connectivity index (χ0) is 18.2. The summed E-state index contributed by atoms with van der Waals surface area (Å²) in [7, 11) is 0. The van der Waals surface area contributed by atoms with E-state index in [1.165, 1.54) is 0 Å². The number of rotatable bonds is 4. The molecule has 0 saturated heterocycles. The number of nitrogens with zero attached hydrogens (tertiary/aromatic N) is 2. The SMILES string of the molecule is CCc1ccc(-c2c(C(=O)NC(C)C)nn3c2OCC(F)(F)C3)cc1. The number of amides is 1. The number of aryl methyl sites for hydroxylation is 1. The number of halogens is 2. The second-order valence-corrected chi connectivity index (χ2v) is 6.51. The van der Waals surface area contributed by atoms with Gasteiger partial charge in [-0.15, -0.1) is 0 Å². The first-order chi connectivity index (χ1) is 11.8. The quantitative estimate of drug-likeness (QED) is 0.922. The Morgan fingerprint density at radius 2 is 2.04 bits per heavy atom. The first kappa shape index (κ1) is 17.4. The van der Waals surface area contributed by atoms with Gasteiger partial charge in [0.05, 0.1) is 5.56 Å². The molecule has 0 spiro atoms. The third-order valence-electron chi connectivity index (χ3n) is 3.99. The number of hydrogen-bond acceptors (Lipinski definition) is 3. The highest BCUT2D eigenvalue weighted by Gasteiger charge is 2.39. The molecule has 1 aliphatic rings. The van der Waals surface area contributed by atoms with Gasteiger partial charge in [-0.3, -0.25) is 4.79 Å². The van der Waals surface area contributed by atoms with Crippen LogP contribution in [0.2, 0.25) is 0 Å². The van der Waals surface area contributed by atoms with E-state index in [-0.39, 0.29) is 17.6 Å². The normalized spacial score (nSPS) is 15.6. The minimum absolute atomic E-state index is 0.0936. The predicted molar refractivity (Wildman–Crippen MR) is 90.1 cm³/mol. The van der Waals surface area contributed by atoms with Gasteiger partial charge in [-0.05, 0) is 31.4 Å². The molecule has 2 aromatic rings. The third kappa shape index (κ3) is 3.50. The lowest BCUT2D eigenvalue weighted by Crippen LogP contribution is -2.36. The predicted octanol–water partition coefficient (Wildman–Crippen LogP) is 3.28. The van der Waals surface area contributed by atoms with Crippen molar-refractivity contribution in [3.8, 4) is 17.0 Å². The summed E-state index contributed by atoms with van der Waals surface area (Å²) < 4.78 is 33.7. The molecule has 2 heterocycles. The second-order valence-electron chi connectivity index (χ2n) is 6.51. The van der Waals surface area contributed by atoms with Crippen LogP contribution >= 0.6 is 0 Å². The van der Waals surface area contributed by atoms with Gasteiger partial charge in [-0.2, -0.15) is 5.10 Å². The van der Waals surface area contributed by atoms with E-state index in [0.29, 0.717) is 5.56 Å². The fourth-order valence-electron chi connectivity index (χ4n) is 2.80. The van der Waals surface area contributed by atoms with Crippen molar-refractivity contribution in [2.75, 3.05) is 6.61 Å². The van der Waals surface area contributed by atoms with E-state index >= 15 is 0 Å². The van der Waals surface area contributed by atoms with Crippen LogP contribution in [0.15, 0.2) is 24.3 Å². The lowest BCUT2D eigenvalue weighted by atomic mass is 10.0. The van der Waals surface area contributed by atoms with Crippen LogP contribution in [0.3, 0.4) is 0 Å². The summed E-state index contributed by atoms with van der Waals surface area (Å²) in [6.45, 7) is 4.38. The van der Waals surface area contributed by atoms with Gasteiger partial charge >= 0.3 is 5.92 Å². The van der Waals surface area contributed by atoms with Crippen LogP contribution in [0.1, 0.15) is 36.8 Å². The van der Waals surface area contributed by atoms with Crippen LogP contribution in [0.5, 0.6) is 5.88 Å². The standard InChI is InChI=1S/C18H21F2N3O2/c1-4-12-5-7-13(8-6-12)14-15(16(24)21-11(2)3)22-23-9-18(19,20)10-25-17(14)23/h5-8,11H,4,9-10H2,1-3H3,(H,21,24). The molecule has 0 bridgehead atoms. The molecule has 3 rings (SSSR count). The highest BCUT2D eigenvalue weighted by Crippen LogP contribution is 2.38. The molecule has 7 heteroatoms. The van der Waals surface area contributed by atoms with Crippen LogP contribution in [0, 0.1) is 0 Å². The number of alkyl halides is 2. The lowest BCUT2D eigenvalue weighted by molar-refractivity contribution is -0.0793. The van der Waals surface area contributed by atoms with Gasteiger partial charge in [0, 0.05) is 6.04 Å². The van der Waals surface area contributed by atoms with Gasteiger partial charge < -0.3 is 10.1 Å². The molecule has 5 nitrogen and oxygen atoms in total. The number of ether oxygens (including phenoxy) is 1. The van der Waals surface area contributed by atoms with E-state index in [2.05, 4.69) is 10.4 Å². The first-order valence-corrected chi connectivity index (χ1v) is 8.32. The number of hydrogen-bond donors (Lipinski definition) is 1. The zero-order valence-electron chi connectivity index (χ0n) is 14.5. The van der Waals surface area contributed by atoms with Crippen molar-refractivity contribution in [1.29, 1.82) is 0 Å². The van der Waals surface area contributed by atoms with E-state index in [1.54, 1.807) is 0 Å². The van der Waals surface area contributed by atoms with Gasteiger partial charge in [-0.1, -0.05) is 31.2 Å². The summed E-state index contributed by atoms with van der Waals surface area (Å²) >= 11 is 0. The maximum absolute atomic E-state index is 13.7. The van der Waals surface area contributed by atoms with Crippen molar-refractivity contribution in [3.63, 3.8) is 0 Å². The molecule has 0 aliphatic carbocycles. The van der Waals surface area contributed by atoms with Crippen molar-refractivity contribution in [2.24, 2.45) is 0 Å². The summed E-state index contributed by atoms with van der Waals surface area (Å²) in [6, 6.07) is 7.52. The average molecular weight is 349 g/mol. The number of carbonyl (C=O) groups excluding carboxylic acids is 1. The van der Waals surface area contributed by atoms with Gasteiger partial charge in [0.1, 0.15) is 6.54 Å². The Morgan fingerprint density at radius 3 is 2.64 bits per heavy atom. The Bertz CT molecular complexity index is 782. The lowest BCUT2D eigenvalue weighted by Gasteiger charge is -2.24. The van der Waals surface area contributed by atoms with Crippen molar-refractivity contribution < 1.29 is 18.3 Å². The van der Waals surface area contributed by atoms with Crippen LogP contribution in [-0.2, 0) is 13.0 Å². The summed E-state index contributed by atoms with van der Waals surface area (Å²) in [5.74, 6) is -3.20. The highest BCUT2D eigenvalue weighted by atomic mass is 19.3. The topological polar surface area (TPSA) is 56.2 Å². The summed E-state index contributed by atoms with van der Waals surface area (Å²) in [4.78, 5) is 12.5. The van der Waals surface area contributed by atoms with E-state index in [0.717, 1.165) is 22.2 Å². The van der Waals surface area contributed by atoms with Crippen LogP contribution in [0.25, 0.3) is 11.1 Å². The number of nitrogens with one attached hydrogen (secondary N) is 1. The summed E-state index contributed by atoms with van der Waals surface area (Å²) in [5, 5.41) is 6.88. The molecule has 1 aliphatic heterocycles. The van der Waals surface area contributed by atoms with Crippen molar-refractivity contribution >= 4 is 5.91 Å². The monoisotopic (exact) mass is 349 g/mol. The fourth-order valence-corrected chi connectivity index (χ4v) is 2.80. The van der Waals surface area contributed by atoms with Crippen molar-refractivity contribution in [3.05, 3.63) is 35.5 Å². The molecule has 1 N–H and O–H groups in total. The summed E-state index contributed by atoms with van der Waals surface area (Å²) in [5.41, 5.74) is 2.42. The maximum atomic E-state index is 13.7. The minimum Gasteiger partial charge on any atom is -0.471 e. The van der Waals surface area contributed by atoms with E-state index < -0.39 is 25.0 Å². The molecule has 25 heavy (non-hydrogen) atoms. The van der Waals surface area contributed by atoms with Crippen molar-refractivity contribution in [1.82, 2.24) is 15.1 Å². The molecular weight excluding hydrogens is 328 g/mol. The molecule has 1 amide bonds. The van der Waals surface area contributed by atoms with E-state index in [4.69, 9.17) is 4.74 Å². The van der Waals surface area contributed by atoms with E-state index in [1.807, 2.05) is 45.0 Å². The Hall–Kier alpha value is -2.44. The molecule has 0 unspecified atom stereocenters. The van der Waals surface area contributed by atoms with Crippen LogP contribution in [0.4, 0.5) is 8.78 Å². The van der Waals surface area contributed by atoms with Gasteiger partial charge in [0.15, 0.2) is 12.3 Å². The molecule has 134 valence electrons. The molecule has 0 fully saturated rings. The Balaban J connectivity index is 2.10. The smallest absolute Gasteiger partial charge is 0.300 e. The molecule has 0 saturated carbocycles. The minimum atomic E-state index is -3.01. The Kier molecular flexibility index (Phi) is 4.49. The molecule has 1 aromatic carbocycles.